The van der Waals surface area contributed by atoms with Crippen molar-refractivity contribution in [2.75, 3.05) is 0 Å². The Balaban J connectivity index is 2.81. The molecule has 0 radical (unpaired) electrons. The number of fused-ring (bicyclic) bond motifs is 1. The molecular weight excluding hydrogens is 174 g/mol. The van der Waals surface area contributed by atoms with Gasteiger partial charge in [-0.05, 0) is 37.1 Å². The van der Waals surface area contributed by atoms with Crippen LogP contribution in [0.5, 0.6) is 5.75 Å². The van der Waals surface area contributed by atoms with E-state index in [1.54, 1.807) is 12.1 Å². The number of benzene rings is 1. The Morgan fingerprint density at radius 3 is 2.79 bits per heavy atom. The highest BCUT2D eigenvalue weighted by molar-refractivity contribution is 5.83. The minimum Gasteiger partial charge on any atom is -0.508 e. The second kappa shape index (κ2) is 3.29. The smallest absolute Gasteiger partial charge is 0.117 e. The van der Waals surface area contributed by atoms with E-state index in [9.17, 15) is 5.11 Å². The third kappa shape index (κ3) is 1.43. The summed E-state index contributed by atoms with van der Waals surface area (Å²) in [4.78, 5) is 4.39. The lowest BCUT2D eigenvalue weighted by atomic mass is 10.1. The van der Waals surface area contributed by atoms with Crippen LogP contribution in [0.4, 0.5) is 0 Å². The average molecular weight is 187 g/mol. The van der Waals surface area contributed by atoms with E-state index < -0.39 is 0 Å². The van der Waals surface area contributed by atoms with E-state index in [1.807, 2.05) is 13.0 Å². The fraction of sp³-hybridized carbons (Fsp3) is 0.250. The Bertz CT molecular complexity index is 472. The number of rotatable bonds is 1. The molecule has 14 heavy (non-hydrogen) atoms. The highest BCUT2D eigenvalue weighted by Gasteiger charge is 2.02. The zero-order chi connectivity index (χ0) is 10.1. The van der Waals surface area contributed by atoms with Gasteiger partial charge >= 0.3 is 0 Å². The molecule has 1 aromatic heterocycles. The molecule has 0 atom stereocenters. The third-order valence-corrected chi connectivity index (χ3v) is 2.39. The lowest BCUT2D eigenvalue weighted by molar-refractivity contribution is 0.476. The molecule has 2 rings (SSSR count). The topological polar surface area (TPSA) is 33.1 Å². The van der Waals surface area contributed by atoms with Crippen molar-refractivity contribution >= 4 is 10.9 Å². The van der Waals surface area contributed by atoms with Gasteiger partial charge in [-0.1, -0.05) is 6.92 Å². The Hall–Kier alpha value is -1.57. The number of aromatic nitrogens is 1. The van der Waals surface area contributed by atoms with Crippen LogP contribution < -0.4 is 0 Å². The molecule has 0 saturated heterocycles. The molecular formula is C12H13NO. The Morgan fingerprint density at radius 1 is 1.29 bits per heavy atom. The molecule has 0 aliphatic heterocycles. The number of aryl methyl sites for hydroxylation is 2. The van der Waals surface area contributed by atoms with E-state index in [-0.39, 0.29) is 5.75 Å². The first-order chi connectivity index (χ1) is 6.70. The highest BCUT2D eigenvalue weighted by atomic mass is 16.3. The molecule has 0 fully saturated rings. The summed E-state index contributed by atoms with van der Waals surface area (Å²) in [6.07, 6.45) is 0.991. The quantitative estimate of drug-likeness (QED) is 0.744. The van der Waals surface area contributed by atoms with Crippen LogP contribution in [-0.4, -0.2) is 10.1 Å². The summed E-state index contributed by atoms with van der Waals surface area (Å²) in [5, 5.41) is 10.5. The molecule has 1 heterocycles. The van der Waals surface area contributed by atoms with Crippen LogP contribution >= 0.6 is 0 Å². The van der Waals surface area contributed by atoms with Crippen molar-refractivity contribution in [2.24, 2.45) is 0 Å². The SMILES string of the molecule is CCc1cc(C)nc2cc(O)ccc12. The van der Waals surface area contributed by atoms with Crippen LogP contribution in [0.25, 0.3) is 10.9 Å². The molecule has 1 aromatic carbocycles. The summed E-state index contributed by atoms with van der Waals surface area (Å²) in [5.74, 6) is 0.276. The molecule has 1 N–H and O–H groups in total. The first kappa shape index (κ1) is 9.00. The van der Waals surface area contributed by atoms with E-state index in [0.29, 0.717) is 0 Å². The van der Waals surface area contributed by atoms with Crippen molar-refractivity contribution in [3.8, 4) is 5.75 Å². The Morgan fingerprint density at radius 2 is 2.07 bits per heavy atom. The standard InChI is InChI=1S/C12H13NO/c1-3-9-6-8(2)13-12-7-10(14)4-5-11(9)12/h4-7,14H,3H2,1-2H3. The van der Waals surface area contributed by atoms with Gasteiger partial charge in [0.1, 0.15) is 5.75 Å². The van der Waals surface area contributed by atoms with E-state index in [1.165, 1.54) is 5.56 Å². The highest BCUT2D eigenvalue weighted by Crippen LogP contribution is 2.22. The van der Waals surface area contributed by atoms with Crippen molar-refractivity contribution in [3.05, 3.63) is 35.5 Å². The maximum absolute atomic E-state index is 9.34. The number of phenols is 1. The summed E-state index contributed by atoms with van der Waals surface area (Å²) in [7, 11) is 0. The second-order valence-corrected chi connectivity index (χ2v) is 3.48. The monoisotopic (exact) mass is 187 g/mol. The van der Waals surface area contributed by atoms with Gasteiger partial charge in [-0.25, -0.2) is 0 Å². The van der Waals surface area contributed by atoms with Crippen molar-refractivity contribution in [3.63, 3.8) is 0 Å². The lowest BCUT2D eigenvalue weighted by Crippen LogP contribution is -1.90. The number of pyridine rings is 1. The van der Waals surface area contributed by atoms with E-state index in [0.717, 1.165) is 23.0 Å². The molecule has 0 spiro atoms. The number of hydrogen-bond donors (Lipinski definition) is 1. The van der Waals surface area contributed by atoms with Crippen molar-refractivity contribution in [1.82, 2.24) is 4.98 Å². The fourth-order valence-corrected chi connectivity index (χ4v) is 1.73. The van der Waals surface area contributed by atoms with E-state index in [2.05, 4.69) is 18.0 Å². The number of aromatic hydroxyl groups is 1. The Kier molecular flexibility index (Phi) is 2.12. The van der Waals surface area contributed by atoms with Gasteiger partial charge in [-0.3, -0.25) is 4.98 Å². The molecule has 2 aromatic rings. The molecule has 0 aliphatic rings. The first-order valence-corrected chi connectivity index (χ1v) is 4.80. The maximum atomic E-state index is 9.34. The largest absolute Gasteiger partial charge is 0.508 e. The zero-order valence-corrected chi connectivity index (χ0v) is 8.41. The minimum atomic E-state index is 0.276. The maximum Gasteiger partial charge on any atom is 0.117 e. The summed E-state index contributed by atoms with van der Waals surface area (Å²) in [6, 6.07) is 7.44. The molecule has 72 valence electrons. The molecule has 0 amide bonds. The fourth-order valence-electron chi connectivity index (χ4n) is 1.73. The third-order valence-electron chi connectivity index (χ3n) is 2.39. The van der Waals surface area contributed by atoms with Crippen LogP contribution in [0, 0.1) is 6.92 Å². The van der Waals surface area contributed by atoms with E-state index in [4.69, 9.17) is 0 Å². The molecule has 0 aliphatic carbocycles. The van der Waals surface area contributed by atoms with E-state index >= 15 is 0 Å². The van der Waals surface area contributed by atoms with Gasteiger partial charge in [0.05, 0.1) is 5.52 Å². The number of nitrogens with zero attached hydrogens (tertiary/aromatic N) is 1. The molecule has 2 heteroatoms. The van der Waals surface area contributed by atoms with Crippen molar-refractivity contribution in [1.29, 1.82) is 0 Å². The number of hydrogen-bond acceptors (Lipinski definition) is 2. The average Bonchev–Trinajstić information content (AvgIpc) is 2.15. The second-order valence-electron chi connectivity index (χ2n) is 3.48. The van der Waals surface area contributed by atoms with Gasteiger partial charge in [-0.2, -0.15) is 0 Å². The van der Waals surface area contributed by atoms with Crippen molar-refractivity contribution in [2.45, 2.75) is 20.3 Å². The van der Waals surface area contributed by atoms with Gasteiger partial charge in [0.2, 0.25) is 0 Å². The summed E-state index contributed by atoms with van der Waals surface area (Å²) in [6.45, 7) is 4.10. The summed E-state index contributed by atoms with van der Waals surface area (Å²) in [5.41, 5.74) is 3.16. The van der Waals surface area contributed by atoms with Crippen LogP contribution in [0.3, 0.4) is 0 Å². The van der Waals surface area contributed by atoms with Gasteiger partial charge < -0.3 is 5.11 Å². The van der Waals surface area contributed by atoms with Gasteiger partial charge in [0.15, 0.2) is 0 Å². The normalized spacial score (nSPS) is 10.7. The van der Waals surface area contributed by atoms with Gasteiger partial charge in [0.25, 0.3) is 0 Å². The van der Waals surface area contributed by atoms with Gasteiger partial charge in [-0.15, -0.1) is 0 Å². The zero-order valence-electron chi connectivity index (χ0n) is 8.41. The number of phenolic OH excluding ortho intramolecular Hbond substituents is 1. The van der Waals surface area contributed by atoms with Gasteiger partial charge in [0, 0.05) is 17.1 Å². The minimum absolute atomic E-state index is 0.276. The summed E-state index contributed by atoms with van der Waals surface area (Å²) < 4.78 is 0. The van der Waals surface area contributed by atoms with Crippen LogP contribution in [0.15, 0.2) is 24.3 Å². The molecule has 0 saturated carbocycles. The van der Waals surface area contributed by atoms with Crippen LogP contribution in [0.1, 0.15) is 18.2 Å². The molecule has 0 unspecified atom stereocenters. The molecule has 0 bridgehead atoms. The van der Waals surface area contributed by atoms with Crippen LogP contribution in [-0.2, 0) is 6.42 Å². The first-order valence-electron chi connectivity index (χ1n) is 4.80. The lowest BCUT2D eigenvalue weighted by Gasteiger charge is -2.05. The van der Waals surface area contributed by atoms with Crippen LogP contribution in [0.2, 0.25) is 0 Å². The Labute approximate surface area is 83.2 Å². The predicted molar refractivity (Wildman–Crippen MR) is 57.5 cm³/mol. The molecule has 2 nitrogen and oxygen atoms in total. The predicted octanol–water partition coefficient (Wildman–Crippen LogP) is 2.81. The summed E-state index contributed by atoms with van der Waals surface area (Å²) >= 11 is 0. The van der Waals surface area contributed by atoms with Crippen molar-refractivity contribution < 1.29 is 5.11 Å².